The summed E-state index contributed by atoms with van der Waals surface area (Å²) in [5.41, 5.74) is 1.52. The van der Waals surface area contributed by atoms with E-state index in [4.69, 9.17) is 4.74 Å². The molecule has 0 spiro atoms. The molecule has 3 N–H and O–H groups in total. The van der Waals surface area contributed by atoms with Gasteiger partial charge in [-0.1, -0.05) is 12.1 Å². The van der Waals surface area contributed by atoms with E-state index < -0.39 is 0 Å². The molecule has 0 saturated heterocycles. The molecule has 2 rings (SSSR count). The van der Waals surface area contributed by atoms with Gasteiger partial charge in [0, 0.05) is 23.9 Å². The van der Waals surface area contributed by atoms with E-state index in [1.54, 1.807) is 24.3 Å². The molecule has 0 atom stereocenters. The highest BCUT2D eigenvalue weighted by molar-refractivity contribution is 9.10. The first-order valence-electron chi connectivity index (χ1n) is 5.69. The fraction of sp³-hybridized carbons (Fsp3) is 0.143. The number of rotatable bonds is 4. The Bertz CT molecular complexity index is 587. The van der Waals surface area contributed by atoms with Gasteiger partial charge in [-0.25, -0.2) is 0 Å². The lowest BCUT2D eigenvalue weighted by atomic mass is 10.2. The molecule has 0 bridgehead atoms. The molecule has 2 aromatic carbocycles. The second-order valence-corrected chi connectivity index (χ2v) is 4.84. The largest absolute Gasteiger partial charge is 0.506 e. The van der Waals surface area contributed by atoms with Crippen LogP contribution >= 0.6 is 15.9 Å². The third kappa shape index (κ3) is 3.12. The van der Waals surface area contributed by atoms with Crippen molar-refractivity contribution in [2.24, 2.45) is 0 Å². The number of phenols is 2. The van der Waals surface area contributed by atoms with Crippen molar-refractivity contribution in [3.63, 3.8) is 0 Å². The summed E-state index contributed by atoms with van der Waals surface area (Å²) >= 11 is 3.27. The standard InChI is InChI=1S/C14H14BrNO3/c1-19-13-6-5-10(7-12(13)17)16-8-9-3-2-4-11(15)14(9)18/h2-7,16-18H,8H2,1H3. The highest BCUT2D eigenvalue weighted by Crippen LogP contribution is 2.30. The summed E-state index contributed by atoms with van der Waals surface area (Å²) in [6, 6.07) is 10.5. The van der Waals surface area contributed by atoms with Gasteiger partial charge in [0.2, 0.25) is 0 Å². The first kappa shape index (κ1) is 13.5. The Morgan fingerprint density at radius 3 is 2.68 bits per heavy atom. The Morgan fingerprint density at radius 2 is 2.00 bits per heavy atom. The van der Waals surface area contributed by atoms with E-state index in [2.05, 4.69) is 21.2 Å². The van der Waals surface area contributed by atoms with Crippen LogP contribution in [0.5, 0.6) is 17.2 Å². The predicted octanol–water partition coefficient (Wildman–Crippen LogP) is 3.48. The van der Waals surface area contributed by atoms with Crippen molar-refractivity contribution in [2.75, 3.05) is 12.4 Å². The third-order valence-electron chi connectivity index (χ3n) is 2.73. The molecular formula is C14H14BrNO3. The number of hydrogen-bond donors (Lipinski definition) is 3. The Labute approximate surface area is 119 Å². The minimum absolute atomic E-state index is 0.0750. The fourth-order valence-electron chi connectivity index (χ4n) is 1.70. The Morgan fingerprint density at radius 1 is 1.21 bits per heavy atom. The van der Waals surface area contributed by atoms with Crippen LogP contribution in [-0.4, -0.2) is 17.3 Å². The Balaban J connectivity index is 2.10. The zero-order chi connectivity index (χ0) is 13.8. The normalized spacial score (nSPS) is 10.2. The van der Waals surface area contributed by atoms with Gasteiger partial charge in [0.15, 0.2) is 11.5 Å². The highest BCUT2D eigenvalue weighted by atomic mass is 79.9. The number of phenolic OH excluding ortho intramolecular Hbond substituents is 2. The van der Waals surface area contributed by atoms with E-state index in [0.717, 1.165) is 11.3 Å². The van der Waals surface area contributed by atoms with E-state index in [1.807, 2.05) is 12.1 Å². The molecule has 4 nitrogen and oxygen atoms in total. The number of halogens is 1. The van der Waals surface area contributed by atoms with Gasteiger partial charge in [0.05, 0.1) is 11.6 Å². The number of benzene rings is 2. The van der Waals surface area contributed by atoms with Gasteiger partial charge in [-0.3, -0.25) is 0 Å². The van der Waals surface area contributed by atoms with Gasteiger partial charge in [0.25, 0.3) is 0 Å². The quantitative estimate of drug-likeness (QED) is 0.806. The molecule has 2 aromatic rings. The van der Waals surface area contributed by atoms with E-state index in [0.29, 0.717) is 16.8 Å². The monoisotopic (exact) mass is 323 g/mol. The summed E-state index contributed by atoms with van der Waals surface area (Å²) in [7, 11) is 1.50. The number of nitrogens with one attached hydrogen (secondary N) is 1. The maximum Gasteiger partial charge on any atom is 0.160 e. The summed E-state index contributed by atoms with van der Waals surface area (Å²) in [5, 5.41) is 22.6. The van der Waals surface area contributed by atoms with E-state index >= 15 is 0 Å². The number of methoxy groups -OCH3 is 1. The summed E-state index contributed by atoms with van der Waals surface area (Å²) in [4.78, 5) is 0. The molecule has 0 unspecified atom stereocenters. The molecule has 0 amide bonds. The van der Waals surface area contributed by atoms with Crippen LogP contribution in [0.3, 0.4) is 0 Å². The van der Waals surface area contributed by atoms with Crippen molar-refractivity contribution in [1.29, 1.82) is 0 Å². The smallest absolute Gasteiger partial charge is 0.160 e. The molecule has 0 radical (unpaired) electrons. The molecule has 0 fully saturated rings. The van der Waals surface area contributed by atoms with Crippen molar-refractivity contribution >= 4 is 21.6 Å². The van der Waals surface area contributed by atoms with Crippen LogP contribution in [0, 0.1) is 0 Å². The SMILES string of the molecule is COc1ccc(NCc2cccc(Br)c2O)cc1O. The van der Waals surface area contributed by atoms with Crippen LogP contribution in [-0.2, 0) is 6.54 Å². The van der Waals surface area contributed by atoms with E-state index in [-0.39, 0.29) is 11.5 Å². The Kier molecular flexibility index (Phi) is 4.16. The van der Waals surface area contributed by atoms with Crippen LogP contribution in [0.15, 0.2) is 40.9 Å². The van der Waals surface area contributed by atoms with Crippen LogP contribution in [0.25, 0.3) is 0 Å². The lowest BCUT2D eigenvalue weighted by molar-refractivity contribution is 0.373. The van der Waals surface area contributed by atoms with Crippen molar-refractivity contribution in [2.45, 2.75) is 6.54 Å². The first-order chi connectivity index (χ1) is 9.11. The number of anilines is 1. The molecule has 100 valence electrons. The van der Waals surface area contributed by atoms with Crippen LogP contribution in [0.1, 0.15) is 5.56 Å². The lowest BCUT2D eigenvalue weighted by Crippen LogP contribution is -2.00. The van der Waals surface area contributed by atoms with Crippen LogP contribution in [0.2, 0.25) is 0 Å². The van der Waals surface area contributed by atoms with Crippen molar-refractivity contribution < 1.29 is 14.9 Å². The maximum atomic E-state index is 9.86. The van der Waals surface area contributed by atoms with Crippen molar-refractivity contribution in [1.82, 2.24) is 0 Å². The first-order valence-corrected chi connectivity index (χ1v) is 6.48. The Hall–Kier alpha value is -1.88. The zero-order valence-corrected chi connectivity index (χ0v) is 11.9. The average molecular weight is 324 g/mol. The number of aromatic hydroxyl groups is 2. The molecule has 0 heterocycles. The van der Waals surface area contributed by atoms with Gasteiger partial charge < -0.3 is 20.3 Å². The molecule has 0 aromatic heterocycles. The lowest BCUT2D eigenvalue weighted by Gasteiger charge is -2.10. The molecule has 0 aliphatic heterocycles. The second-order valence-electron chi connectivity index (χ2n) is 3.99. The minimum atomic E-state index is 0.0750. The van der Waals surface area contributed by atoms with Gasteiger partial charge >= 0.3 is 0 Å². The summed E-state index contributed by atoms with van der Waals surface area (Å²) in [6.45, 7) is 0.455. The van der Waals surface area contributed by atoms with Crippen LogP contribution < -0.4 is 10.1 Å². The summed E-state index contributed by atoms with van der Waals surface area (Å²) in [5.74, 6) is 0.717. The molecule has 19 heavy (non-hydrogen) atoms. The number of para-hydroxylation sites is 1. The molecule has 0 aliphatic carbocycles. The third-order valence-corrected chi connectivity index (χ3v) is 3.37. The van der Waals surface area contributed by atoms with Gasteiger partial charge in [-0.15, -0.1) is 0 Å². The number of hydrogen-bond acceptors (Lipinski definition) is 4. The molecule has 5 heteroatoms. The minimum Gasteiger partial charge on any atom is -0.506 e. The van der Waals surface area contributed by atoms with Crippen LogP contribution in [0.4, 0.5) is 5.69 Å². The topological polar surface area (TPSA) is 61.7 Å². The van der Waals surface area contributed by atoms with Gasteiger partial charge in [-0.05, 0) is 34.1 Å². The molecular weight excluding hydrogens is 310 g/mol. The van der Waals surface area contributed by atoms with Gasteiger partial charge in [-0.2, -0.15) is 0 Å². The molecule has 0 aliphatic rings. The van der Waals surface area contributed by atoms with Crippen molar-refractivity contribution in [3.8, 4) is 17.2 Å². The number of ether oxygens (including phenoxy) is 1. The van der Waals surface area contributed by atoms with Crippen molar-refractivity contribution in [3.05, 3.63) is 46.4 Å². The van der Waals surface area contributed by atoms with Gasteiger partial charge in [0.1, 0.15) is 5.75 Å². The average Bonchev–Trinajstić information content (AvgIpc) is 2.40. The fourth-order valence-corrected chi connectivity index (χ4v) is 2.11. The second kappa shape index (κ2) is 5.84. The predicted molar refractivity (Wildman–Crippen MR) is 77.8 cm³/mol. The summed E-state index contributed by atoms with van der Waals surface area (Å²) in [6.07, 6.45) is 0. The van der Waals surface area contributed by atoms with E-state index in [9.17, 15) is 10.2 Å². The zero-order valence-electron chi connectivity index (χ0n) is 10.4. The maximum absolute atomic E-state index is 9.86. The van der Waals surface area contributed by atoms with E-state index in [1.165, 1.54) is 7.11 Å². The highest BCUT2D eigenvalue weighted by Gasteiger charge is 2.06. The molecule has 0 saturated carbocycles. The summed E-state index contributed by atoms with van der Waals surface area (Å²) < 4.78 is 5.63.